The zero-order chi connectivity index (χ0) is 26.9. The summed E-state index contributed by atoms with van der Waals surface area (Å²) in [6.45, 7) is 11.8. The quantitative estimate of drug-likeness (QED) is 0.249. The number of carbonyl (C=O) groups excluding carboxylic acids is 2. The number of halogens is 5. The first kappa shape index (κ1) is 30.2. The lowest BCUT2D eigenvalue weighted by atomic mass is 10.1. The number of anilines is 1. The molecule has 12 heteroatoms. The van der Waals surface area contributed by atoms with Crippen molar-refractivity contribution in [2.75, 3.05) is 11.2 Å². The lowest BCUT2D eigenvalue weighted by Gasteiger charge is -2.17. The second-order valence-electron chi connectivity index (χ2n) is 7.62. The molecule has 2 rings (SSSR count). The number of hydrogen-bond acceptors (Lipinski definition) is 4. The molecule has 0 aliphatic carbocycles. The molecule has 2 amide bonds. The molecule has 0 fully saturated rings. The number of aliphatic imine (C=N–C) groups is 1. The highest BCUT2D eigenvalue weighted by atomic mass is 35.5. The number of hydrogen-bond donors (Lipinski definition) is 2. The number of rotatable bonds is 7. The Balaban J connectivity index is 0.00000111. The number of aryl methyl sites for hydroxylation is 1. The summed E-state index contributed by atoms with van der Waals surface area (Å²) in [4.78, 5) is 29.0. The van der Waals surface area contributed by atoms with E-state index in [1.807, 2.05) is 19.1 Å². The first-order valence-electron chi connectivity index (χ1n) is 10.5. The molecule has 0 aliphatic rings. The third-order valence-electron chi connectivity index (χ3n) is 4.40. The normalized spacial score (nSPS) is 12.2. The Bertz CT molecular complexity index is 1080. The van der Waals surface area contributed by atoms with Gasteiger partial charge in [-0.3, -0.25) is 14.6 Å². The molecule has 0 spiro atoms. The fourth-order valence-corrected chi connectivity index (χ4v) is 3.21. The SMILES string of the molecule is C/C=C\CCl.C=NC(C)n1nc(C(F)(F)F)cc1C(=O)Nc1c(C)cc(Cl)cc1C(=O)NC(C)C. The number of nitrogens with zero attached hydrogens (tertiary/aromatic N) is 3. The Labute approximate surface area is 212 Å². The third-order valence-corrected chi connectivity index (χ3v) is 4.80. The van der Waals surface area contributed by atoms with Crippen LogP contribution < -0.4 is 10.6 Å². The van der Waals surface area contributed by atoms with Gasteiger partial charge in [0.2, 0.25) is 0 Å². The molecule has 1 atom stereocenters. The molecule has 0 radical (unpaired) electrons. The van der Waals surface area contributed by atoms with Crippen molar-refractivity contribution in [3.63, 3.8) is 0 Å². The molecule has 35 heavy (non-hydrogen) atoms. The number of nitrogens with one attached hydrogen (secondary N) is 2. The van der Waals surface area contributed by atoms with E-state index in [-0.39, 0.29) is 28.0 Å². The van der Waals surface area contributed by atoms with Crippen LogP contribution in [-0.4, -0.2) is 40.2 Å². The highest BCUT2D eigenvalue weighted by molar-refractivity contribution is 6.31. The van der Waals surface area contributed by atoms with Gasteiger partial charge in [0.1, 0.15) is 11.9 Å². The van der Waals surface area contributed by atoms with Crippen molar-refractivity contribution in [3.05, 3.63) is 57.9 Å². The zero-order valence-corrected chi connectivity index (χ0v) is 21.5. The highest BCUT2D eigenvalue weighted by Gasteiger charge is 2.36. The van der Waals surface area contributed by atoms with Gasteiger partial charge in [-0.2, -0.15) is 18.3 Å². The summed E-state index contributed by atoms with van der Waals surface area (Å²) in [6, 6.07) is 3.33. The van der Waals surface area contributed by atoms with E-state index in [2.05, 4.69) is 27.4 Å². The average molecular weight is 534 g/mol. The number of allylic oxidation sites excluding steroid dienone is 2. The van der Waals surface area contributed by atoms with Crippen molar-refractivity contribution in [1.82, 2.24) is 15.1 Å². The number of benzene rings is 1. The van der Waals surface area contributed by atoms with Crippen LogP contribution in [0.1, 0.15) is 66.0 Å². The molecule has 0 saturated heterocycles. The smallest absolute Gasteiger partial charge is 0.350 e. The van der Waals surface area contributed by atoms with Crippen LogP contribution in [0, 0.1) is 6.92 Å². The van der Waals surface area contributed by atoms with Gasteiger partial charge in [-0.1, -0.05) is 23.8 Å². The summed E-state index contributed by atoms with van der Waals surface area (Å²) in [7, 11) is 0. The van der Waals surface area contributed by atoms with Crippen LogP contribution in [0.2, 0.25) is 5.02 Å². The van der Waals surface area contributed by atoms with Crippen molar-refractivity contribution < 1.29 is 22.8 Å². The predicted molar refractivity (Wildman–Crippen MR) is 134 cm³/mol. The zero-order valence-electron chi connectivity index (χ0n) is 20.0. The van der Waals surface area contributed by atoms with Crippen molar-refractivity contribution >= 4 is 47.4 Å². The molecule has 1 aromatic carbocycles. The van der Waals surface area contributed by atoms with Crippen molar-refractivity contribution in [3.8, 4) is 0 Å². The van der Waals surface area contributed by atoms with Crippen molar-refractivity contribution in [2.24, 2.45) is 4.99 Å². The second-order valence-corrected chi connectivity index (χ2v) is 8.37. The van der Waals surface area contributed by atoms with Gasteiger partial charge in [0, 0.05) is 23.0 Å². The van der Waals surface area contributed by atoms with Crippen LogP contribution in [0.5, 0.6) is 0 Å². The van der Waals surface area contributed by atoms with Crippen molar-refractivity contribution in [1.29, 1.82) is 0 Å². The maximum absolute atomic E-state index is 13.1. The molecule has 0 bridgehead atoms. The predicted octanol–water partition coefficient (Wildman–Crippen LogP) is 6.27. The number of carbonyl (C=O) groups is 2. The topological polar surface area (TPSA) is 88.4 Å². The maximum atomic E-state index is 13.1. The summed E-state index contributed by atoms with van der Waals surface area (Å²) < 4.78 is 40.2. The largest absolute Gasteiger partial charge is 0.435 e. The molecule has 1 unspecified atom stereocenters. The highest BCUT2D eigenvalue weighted by Crippen LogP contribution is 2.31. The van der Waals surface area contributed by atoms with Crippen LogP contribution in [0.15, 0.2) is 35.3 Å². The summed E-state index contributed by atoms with van der Waals surface area (Å²) in [6.07, 6.45) is -1.86. The lowest BCUT2D eigenvalue weighted by molar-refractivity contribution is -0.141. The van der Waals surface area contributed by atoms with E-state index in [0.717, 1.165) is 4.68 Å². The maximum Gasteiger partial charge on any atom is 0.435 e. The molecule has 7 nitrogen and oxygen atoms in total. The van der Waals surface area contributed by atoms with Crippen LogP contribution in [0.25, 0.3) is 0 Å². The Hall–Kier alpha value is -2.85. The minimum absolute atomic E-state index is 0.0825. The fourth-order valence-electron chi connectivity index (χ4n) is 2.76. The molecular weight excluding hydrogens is 506 g/mol. The Morgan fingerprint density at radius 1 is 1.23 bits per heavy atom. The van der Waals surface area contributed by atoms with E-state index in [4.69, 9.17) is 23.2 Å². The number of aromatic nitrogens is 2. The first-order chi connectivity index (χ1) is 16.3. The molecule has 1 heterocycles. The van der Waals surface area contributed by atoms with E-state index in [1.54, 1.807) is 20.8 Å². The van der Waals surface area contributed by atoms with E-state index >= 15 is 0 Å². The van der Waals surface area contributed by atoms with Gasteiger partial charge >= 0.3 is 6.18 Å². The monoisotopic (exact) mass is 533 g/mol. The summed E-state index contributed by atoms with van der Waals surface area (Å²) in [5.41, 5.74) is -0.954. The van der Waals surface area contributed by atoms with E-state index in [9.17, 15) is 22.8 Å². The minimum Gasteiger partial charge on any atom is -0.350 e. The van der Waals surface area contributed by atoms with E-state index in [1.165, 1.54) is 19.1 Å². The third kappa shape index (κ3) is 8.70. The lowest BCUT2D eigenvalue weighted by Crippen LogP contribution is -2.31. The second kappa shape index (κ2) is 13.3. The van der Waals surface area contributed by atoms with Crippen LogP contribution >= 0.6 is 23.2 Å². The Kier molecular flexibility index (Phi) is 11.5. The van der Waals surface area contributed by atoms with Gasteiger partial charge in [-0.05, 0) is 59.0 Å². The molecule has 0 saturated carbocycles. The Morgan fingerprint density at radius 2 is 1.86 bits per heavy atom. The molecule has 192 valence electrons. The number of amides is 2. The van der Waals surface area contributed by atoms with Crippen LogP contribution in [0.4, 0.5) is 18.9 Å². The van der Waals surface area contributed by atoms with Gasteiger partial charge in [0.25, 0.3) is 11.8 Å². The molecular formula is C23H28Cl2F3N5O2. The summed E-state index contributed by atoms with van der Waals surface area (Å²) in [5.74, 6) is -0.745. The molecule has 1 aromatic heterocycles. The van der Waals surface area contributed by atoms with Crippen molar-refractivity contribution in [2.45, 2.75) is 53.0 Å². The summed E-state index contributed by atoms with van der Waals surface area (Å²) in [5, 5.41) is 8.92. The van der Waals surface area contributed by atoms with E-state index < -0.39 is 29.9 Å². The molecule has 2 aromatic rings. The van der Waals surface area contributed by atoms with Crippen LogP contribution in [0.3, 0.4) is 0 Å². The molecule has 0 aliphatic heterocycles. The van der Waals surface area contributed by atoms with Crippen LogP contribution in [-0.2, 0) is 6.18 Å². The number of alkyl halides is 4. The molecule has 2 N–H and O–H groups in total. The fraction of sp³-hybridized carbons (Fsp3) is 0.391. The summed E-state index contributed by atoms with van der Waals surface area (Å²) >= 11 is 11.3. The van der Waals surface area contributed by atoms with Gasteiger partial charge in [0.05, 0.1) is 11.3 Å². The van der Waals surface area contributed by atoms with Gasteiger partial charge in [-0.15, -0.1) is 11.6 Å². The van der Waals surface area contributed by atoms with E-state index in [0.29, 0.717) is 17.5 Å². The standard InChI is InChI=1S/C19H21ClF3N5O2.C4H7Cl/c1-9(2)25-17(29)13-7-12(20)6-10(3)16(13)26-18(30)14-8-15(19(21,22)23)27-28(14)11(4)24-5;1-2-3-4-5/h6-9,11H,5H2,1-4H3,(H,25,29)(H,26,30);2-3H,4H2,1H3/b;3-2-. The minimum atomic E-state index is -4.75. The average Bonchev–Trinajstić information content (AvgIpc) is 3.21. The van der Waals surface area contributed by atoms with Gasteiger partial charge in [0.15, 0.2) is 5.69 Å². The van der Waals surface area contributed by atoms with Gasteiger partial charge < -0.3 is 10.6 Å². The first-order valence-corrected chi connectivity index (χ1v) is 11.4. The van der Waals surface area contributed by atoms with Gasteiger partial charge in [-0.25, -0.2) is 4.68 Å². The Morgan fingerprint density at radius 3 is 2.31 bits per heavy atom.